The zero-order chi connectivity index (χ0) is 22.4. The number of carbonyl (C=O) groups excluding carboxylic acids is 1. The molecule has 4 aliphatic carbocycles. The van der Waals surface area contributed by atoms with Crippen LogP contribution in [-0.4, -0.2) is 52.7 Å². The van der Waals surface area contributed by atoms with Crippen LogP contribution in [0.3, 0.4) is 0 Å². The van der Waals surface area contributed by atoms with E-state index in [0.29, 0.717) is 37.9 Å². The third kappa shape index (κ3) is 3.22. The highest BCUT2D eigenvalue weighted by Crippen LogP contribution is 2.64. The number of carbonyl (C=O) groups is 1. The molecule has 0 N–H and O–H groups in total. The van der Waals surface area contributed by atoms with Crippen LogP contribution in [0.15, 0.2) is 0 Å². The van der Waals surface area contributed by atoms with Crippen molar-refractivity contribution in [3.05, 3.63) is 0 Å². The Bertz CT molecular complexity index is 1080. The van der Waals surface area contributed by atoms with Gasteiger partial charge in [-0.05, 0) is 67.6 Å². The van der Waals surface area contributed by atoms with E-state index in [0.717, 1.165) is 19.3 Å². The Labute approximate surface area is 180 Å². The molecule has 0 aliphatic heterocycles. The summed E-state index contributed by atoms with van der Waals surface area (Å²) in [5.74, 6) is -0.763. The molecular weight excluding hydrogens is 448 g/mol. The van der Waals surface area contributed by atoms with Crippen LogP contribution in [0, 0.1) is 28.1 Å². The van der Waals surface area contributed by atoms with Crippen molar-refractivity contribution in [2.75, 3.05) is 17.8 Å². The van der Waals surface area contributed by atoms with Crippen molar-refractivity contribution < 1.29 is 30.0 Å². The van der Waals surface area contributed by atoms with Crippen LogP contribution in [0.5, 0.6) is 0 Å². The second-order valence-electron chi connectivity index (χ2n) is 11.0. The van der Waals surface area contributed by atoms with E-state index >= 15 is 0 Å². The van der Waals surface area contributed by atoms with E-state index in [-0.39, 0.29) is 18.1 Å². The van der Waals surface area contributed by atoms with Gasteiger partial charge in [0.15, 0.2) is 29.5 Å². The summed E-state index contributed by atoms with van der Waals surface area (Å²) in [6.45, 7) is 3.70. The Morgan fingerprint density at radius 2 is 1.47 bits per heavy atom. The summed E-state index contributed by atoms with van der Waals surface area (Å²) in [5.41, 5.74) is -2.29. The minimum atomic E-state index is -4.63. The fraction of sp³-hybridized carbons (Fsp3) is 0.950. The van der Waals surface area contributed by atoms with Gasteiger partial charge in [0.2, 0.25) is 0 Å². The lowest BCUT2D eigenvalue weighted by Crippen LogP contribution is -2.49. The molecule has 3 unspecified atom stereocenters. The molecule has 7 nitrogen and oxygen atoms in total. The second kappa shape index (κ2) is 6.53. The molecule has 0 aromatic rings. The van der Waals surface area contributed by atoms with Crippen LogP contribution in [0.25, 0.3) is 0 Å². The summed E-state index contributed by atoms with van der Waals surface area (Å²) in [6.07, 6.45) is 5.99. The van der Waals surface area contributed by atoms with Crippen molar-refractivity contribution in [3.8, 4) is 0 Å². The molecule has 4 saturated carbocycles. The number of sulfone groups is 3. The maximum absolute atomic E-state index is 13.5. The molecule has 0 saturated heterocycles. The van der Waals surface area contributed by atoms with E-state index in [1.165, 1.54) is 0 Å². The van der Waals surface area contributed by atoms with Crippen LogP contribution in [0.4, 0.5) is 0 Å². The van der Waals surface area contributed by atoms with Crippen molar-refractivity contribution >= 4 is 35.3 Å². The normalized spacial score (nSPS) is 39.0. The molecule has 0 heterocycles. The number of hydrogen-bond acceptors (Lipinski definition) is 7. The number of hydrogen-bond donors (Lipinski definition) is 0. The summed E-state index contributed by atoms with van der Waals surface area (Å²) >= 11 is 0. The molecule has 0 amide bonds. The molecule has 4 rings (SSSR count). The van der Waals surface area contributed by atoms with Crippen LogP contribution in [0.1, 0.15) is 65.2 Å². The smallest absolute Gasteiger partial charge is 0.262 e. The highest BCUT2D eigenvalue weighted by atomic mass is 32.3. The highest BCUT2D eigenvalue weighted by molar-refractivity contribution is 8.24. The predicted molar refractivity (Wildman–Crippen MR) is 114 cm³/mol. The Morgan fingerprint density at radius 1 is 0.900 bits per heavy atom. The Kier molecular flexibility index (Phi) is 4.94. The van der Waals surface area contributed by atoms with Gasteiger partial charge in [0.25, 0.3) is 3.91 Å². The van der Waals surface area contributed by atoms with Gasteiger partial charge < -0.3 is 0 Å². The van der Waals surface area contributed by atoms with E-state index in [9.17, 15) is 30.0 Å². The molecule has 0 radical (unpaired) electrons. The largest absolute Gasteiger partial charge is 0.299 e. The molecule has 0 spiro atoms. The topological polar surface area (TPSA) is 119 Å². The van der Waals surface area contributed by atoms with E-state index in [4.69, 9.17) is 0 Å². The van der Waals surface area contributed by atoms with E-state index in [2.05, 4.69) is 0 Å². The van der Waals surface area contributed by atoms with Gasteiger partial charge in [-0.2, -0.15) is 0 Å². The van der Waals surface area contributed by atoms with Crippen molar-refractivity contribution in [1.29, 1.82) is 0 Å². The Hall–Kier alpha value is -0.480. The third-order valence-electron chi connectivity index (χ3n) is 8.92. The standard InChI is InChI=1S/C20H32O7S3/c1-18(2)15-6-9-20(18,16(21)10-15)13-30(26,27)17(28(3,22)23)29(24,25)12-19-7-4-14(11-19)5-8-19/h14-15,17H,4-13H2,1-3H3. The molecule has 3 atom stereocenters. The lowest BCUT2D eigenvalue weighted by Gasteiger charge is -2.37. The summed E-state index contributed by atoms with van der Waals surface area (Å²) in [7, 11) is -13.5. The second-order valence-corrected chi connectivity index (χ2v) is 18.2. The first-order chi connectivity index (χ1) is 13.5. The minimum Gasteiger partial charge on any atom is -0.299 e. The molecular formula is C20H32O7S3. The first-order valence-corrected chi connectivity index (χ1v) is 16.1. The number of Topliss-reactive ketones (excluding diaryl/α,β-unsaturated/α-hetero) is 1. The van der Waals surface area contributed by atoms with Crippen LogP contribution >= 0.6 is 0 Å². The van der Waals surface area contributed by atoms with Gasteiger partial charge in [-0.15, -0.1) is 0 Å². The SMILES string of the molecule is CC1(C)C2CCC1(CS(=O)(=O)C(S(C)(=O)=O)S(=O)(=O)CC13CCC(CC1)C3)C(=O)C2. The van der Waals surface area contributed by atoms with Crippen molar-refractivity contribution in [2.24, 2.45) is 28.1 Å². The molecule has 4 aliphatic rings. The highest BCUT2D eigenvalue weighted by Gasteiger charge is 2.67. The quantitative estimate of drug-likeness (QED) is 0.547. The van der Waals surface area contributed by atoms with Gasteiger partial charge in [-0.1, -0.05) is 13.8 Å². The van der Waals surface area contributed by atoms with Gasteiger partial charge in [0.05, 0.1) is 11.5 Å². The average Bonchev–Trinajstić information content (AvgIpc) is 3.22. The molecule has 10 heteroatoms. The number of rotatable bonds is 7. The van der Waals surface area contributed by atoms with Gasteiger partial charge >= 0.3 is 0 Å². The van der Waals surface area contributed by atoms with Crippen molar-refractivity contribution in [2.45, 2.75) is 69.1 Å². The maximum Gasteiger partial charge on any atom is 0.262 e. The van der Waals surface area contributed by atoms with Gasteiger partial charge in [-0.25, -0.2) is 25.3 Å². The van der Waals surface area contributed by atoms with Crippen LogP contribution < -0.4 is 0 Å². The lowest BCUT2D eigenvalue weighted by molar-refractivity contribution is -0.128. The summed E-state index contributed by atoms with van der Waals surface area (Å²) < 4.78 is 76.3. The fourth-order valence-corrected chi connectivity index (χ4v) is 17.0. The molecule has 4 fully saturated rings. The summed E-state index contributed by atoms with van der Waals surface area (Å²) in [4.78, 5) is 12.8. The maximum atomic E-state index is 13.5. The predicted octanol–water partition coefficient (Wildman–Crippen LogP) is 2.12. The zero-order valence-electron chi connectivity index (χ0n) is 17.9. The molecule has 172 valence electrons. The molecule has 0 aromatic heterocycles. The van der Waals surface area contributed by atoms with Crippen LogP contribution in [-0.2, 0) is 34.3 Å². The third-order valence-corrected chi connectivity index (χ3v) is 18.3. The number of ketones is 1. The Morgan fingerprint density at radius 3 is 1.87 bits per heavy atom. The first kappa shape index (κ1) is 22.7. The van der Waals surface area contributed by atoms with Gasteiger partial charge in [0, 0.05) is 18.1 Å². The van der Waals surface area contributed by atoms with E-state index < -0.39 is 61.2 Å². The van der Waals surface area contributed by atoms with Gasteiger partial charge in [0.1, 0.15) is 5.78 Å². The fourth-order valence-electron chi connectivity index (χ4n) is 7.28. The lowest BCUT2D eigenvalue weighted by atomic mass is 9.70. The summed E-state index contributed by atoms with van der Waals surface area (Å²) in [6, 6.07) is 0. The van der Waals surface area contributed by atoms with Gasteiger partial charge in [-0.3, -0.25) is 4.79 Å². The average molecular weight is 481 g/mol. The summed E-state index contributed by atoms with van der Waals surface area (Å²) in [5, 5.41) is 0. The van der Waals surface area contributed by atoms with Crippen molar-refractivity contribution in [1.82, 2.24) is 0 Å². The first-order valence-electron chi connectivity index (χ1n) is 10.7. The Balaban J connectivity index is 1.71. The molecule has 4 bridgehead atoms. The van der Waals surface area contributed by atoms with E-state index in [1.807, 2.05) is 13.8 Å². The number of fused-ring (bicyclic) bond motifs is 4. The zero-order valence-corrected chi connectivity index (χ0v) is 20.3. The van der Waals surface area contributed by atoms with Crippen LogP contribution in [0.2, 0.25) is 0 Å². The van der Waals surface area contributed by atoms with E-state index in [1.54, 1.807) is 0 Å². The monoisotopic (exact) mass is 480 g/mol. The molecule has 30 heavy (non-hydrogen) atoms. The minimum absolute atomic E-state index is 0.0568. The molecule has 0 aromatic carbocycles. The van der Waals surface area contributed by atoms with Crippen molar-refractivity contribution in [3.63, 3.8) is 0 Å².